The highest BCUT2D eigenvalue weighted by atomic mass is 16.6. The van der Waals surface area contributed by atoms with E-state index in [9.17, 15) is 19.7 Å². The number of nitrogens with zero attached hydrogens (tertiary/aromatic N) is 3. The van der Waals surface area contributed by atoms with Gasteiger partial charge in [0, 0.05) is 6.07 Å². The average Bonchev–Trinajstić information content (AvgIpc) is 2.64. The maximum absolute atomic E-state index is 12.4. The molecule has 0 atom stereocenters. The maximum atomic E-state index is 12.4. The summed E-state index contributed by atoms with van der Waals surface area (Å²) in [7, 11) is 1.34. The number of anilines is 1. The Morgan fingerprint density at radius 2 is 2.08 bits per heavy atom. The predicted molar refractivity (Wildman–Crippen MR) is 94.3 cm³/mol. The van der Waals surface area contributed by atoms with E-state index >= 15 is 0 Å². The van der Waals surface area contributed by atoms with Gasteiger partial charge in [0.1, 0.15) is 12.3 Å². The van der Waals surface area contributed by atoms with E-state index in [2.05, 4.69) is 10.3 Å². The highest BCUT2D eigenvalue weighted by molar-refractivity contribution is 5.92. The zero-order valence-corrected chi connectivity index (χ0v) is 13.7. The molecule has 0 spiro atoms. The Labute approximate surface area is 147 Å². The summed E-state index contributed by atoms with van der Waals surface area (Å²) in [5.74, 6) is -0.340. The molecule has 0 fully saturated rings. The van der Waals surface area contributed by atoms with Crippen LogP contribution in [-0.4, -0.2) is 27.5 Å². The van der Waals surface area contributed by atoms with Gasteiger partial charge in [-0.1, -0.05) is 12.1 Å². The van der Waals surface area contributed by atoms with Gasteiger partial charge in [-0.05, 0) is 18.2 Å². The lowest BCUT2D eigenvalue weighted by molar-refractivity contribution is -0.384. The molecule has 0 radical (unpaired) electrons. The van der Waals surface area contributed by atoms with Crippen LogP contribution in [0.2, 0.25) is 0 Å². The Morgan fingerprint density at radius 3 is 2.81 bits per heavy atom. The zero-order chi connectivity index (χ0) is 18.7. The van der Waals surface area contributed by atoms with Crippen LogP contribution in [0, 0.1) is 10.1 Å². The van der Waals surface area contributed by atoms with E-state index in [1.54, 1.807) is 24.3 Å². The molecule has 3 aromatic rings. The van der Waals surface area contributed by atoms with Gasteiger partial charge in [0.2, 0.25) is 5.91 Å². The van der Waals surface area contributed by atoms with Crippen LogP contribution >= 0.6 is 0 Å². The molecule has 9 heteroatoms. The van der Waals surface area contributed by atoms with Crippen molar-refractivity contribution in [3.8, 4) is 5.75 Å². The van der Waals surface area contributed by atoms with E-state index < -0.39 is 10.8 Å². The van der Waals surface area contributed by atoms with Gasteiger partial charge < -0.3 is 10.1 Å². The minimum Gasteiger partial charge on any atom is -0.494 e. The molecule has 0 bridgehead atoms. The van der Waals surface area contributed by atoms with Gasteiger partial charge in [-0.25, -0.2) is 4.98 Å². The van der Waals surface area contributed by atoms with Crippen molar-refractivity contribution in [2.24, 2.45) is 0 Å². The number of nitrogens with one attached hydrogen (secondary N) is 1. The molecule has 0 saturated carbocycles. The fourth-order valence-corrected chi connectivity index (χ4v) is 2.46. The Kier molecular flexibility index (Phi) is 4.61. The van der Waals surface area contributed by atoms with Gasteiger partial charge in [-0.3, -0.25) is 24.3 Å². The molecule has 0 aliphatic heterocycles. The molecule has 0 unspecified atom stereocenters. The molecule has 2 aromatic carbocycles. The number of nitro groups is 1. The summed E-state index contributed by atoms with van der Waals surface area (Å²) in [6.07, 6.45) is 1.30. The van der Waals surface area contributed by atoms with Crippen LogP contribution in [0.1, 0.15) is 0 Å². The van der Waals surface area contributed by atoms with Crippen molar-refractivity contribution in [1.82, 2.24) is 9.55 Å². The van der Waals surface area contributed by atoms with Crippen molar-refractivity contribution in [2.75, 3.05) is 12.4 Å². The van der Waals surface area contributed by atoms with Crippen molar-refractivity contribution in [3.63, 3.8) is 0 Å². The van der Waals surface area contributed by atoms with Crippen molar-refractivity contribution >= 4 is 28.2 Å². The summed E-state index contributed by atoms with van der Waals surface area (Å²) in [6.45, 7) is -0.253. The van der Waals surface area contributed by atoms with Crippen molar-refractivity contribution in [3.05, 3.63) is 69.3 Å². The number of nitro benzene ring substituents is 1. The number of hydrogen-bond acceptors (Lipinski definition) is 6. The number of rotatable bonds is 5. The number of amides is 1. The molecule has 0 saturated heterocycles. The number of fused-ring (bicyclic) bond motifs is 1. The Bertz CT molecular complexity index is 1060. The first-order chi connectivity index (χ1) is 12.5. The Hall–Kier alpha value is -3.75. The minimum absolute atomic E-state index is 0.150. The van der Waals surface area contributed by atoms with Crippen LogP contribution in [0.25, 0.3) is 10.9 Å². The van der Waals surface area contributed by atoms with Gasteiger partial charge in [-0.15, -0.1) is 0 Å². The molecule has 132 valence electrons. The molecule has 1 aromatic heterocycles. The lowest BCUT2D eigenvalue weighted by Crippen LogP contribution is -2.28. The SMILES string of the molecule is COc1cc([N+](=O)[O-])ccc1NC(=O)Cn1cnc2ccccc2c1=O. The van der Waals surface area contributed by atoms with Crippen LogP contribution in [0.3, 0.4) is 0 Å². The molecule has 1 heterocycles. The second kappa shape index (κ2) is 7.01. The fourth-order valence-electron chi connectivity index (χ4n) is 2.46. The normalized spacial score (nSPS) is 10.5. The number of benzene rings is 2. The van der Waals surface area contributed by atoms with E-state index in [1.807, 2.05) is 0 Å². The number of methoxy groups -OCH3 is 1. The Balaban J connectivity index is 1.82. The maximum Gasteiger partial charge on any atom is 0.273 e. The van der Waals surface area contributed by atoms with E-state index in [4.69, 9.17) is 4.74 Å². The van der Waals surface area contributed by atoms with Crippen LogP contribution in [0.4, 0.5) is 11.4 Å². The predicted octanol–water partition coefficient (Wildman–Crippen LogP) is 1.95. The van der Waals surface area contributed by atoms with E-state index in [0.717, 1.165) is 0 Å². The molecule has 9 nitrogen and oxygen atoms in total. The average molecular weight is 354 g/mol. The zero-order valence-electron chi connectivity index (χ0n) is 13.7. The summed E-state index contributed by atoms with van der Waals surface area (Å²) < 4.78 is 6.26. The molecule has 26 heavy (non-hydrogen) atoms. The topological polar surface area (TPSA) is 116 Å². The number of para-hydroxylation sites is 1. The molecular formula is C17H14N4O5. The fraction of sp³-hybridized carbons (Fsp3) is 0.118. The molecular weight excluding hydrogens is 340 g/mol. The molecule has 0 aliphatic rings. The first-order valence-electron chi connectivity index (χ1n) is 7.56. The minimum atomic E-state index is -0.561. The summed E-state index contributed by atoms with van der Waals surface area (Å²) in [5, 5.41) is 13.8. The van der Waals surface area contributed by atoms with Gasteiger partial charge in [0.25, 0.3) is 11.2 Å². The second-order valence-electron chi connectivity index (χ2n) is 5.38. The van der Waals surface area contributed by atoms with Gasteiger partial charge >= 0.3 is 0 Å². The van der Waals surface area contributed by atoms with Gasteiger partial charge in [-0.2, -0.15) is 0 Å². The highest BCUT2D eigenvalue weighted by Gasteiger charge is 2.14. The number of hydrogen-bond donors (Lipinski definition) is 1. The number of aromatic nitrogens is 2. The third kappa shape index (κ3) is 3.36. The number of carbonyl (C=O) groups is 1. The van der Waals surface area contributed by atoms with Crippen LogP contribution in [0.5, 0.6) is 5.75 Å². The summed E-state index contributed by atoms with van der Waals surface area (Å²) in [6, 6.07) is 10.7. The summed E-state index contributed by atoms with van der Waals surface area (Å²) in [5.41, 5.74) is 0.326. The quantitative estimate of drug-likeness (QED) is 0.553. The molecule has 1 amide bonds. The van der Waals surface area contributed by atoms with Gasteiger partial charge in [0.15, 0.2) is 0 Å². The lowest BCUT2D eigenvalue weighted by atomic mass is 10.2. The van der Waals surface area contributed by atoms with E-state index in [0.29, 0.717) is 10.9 Å². The summed E-state index contributed by atoms with van der Waals surface area (Å²) in [4.78, 5) is 39.1. The standard InChI is InChI=1S/C17H14N4O5/c1-26-15-8-11(21(24)25)6-7-14(15)19-16(22)9-20-10-18-13-5-3-2-4-12(13)17(20)23/h2-8,10H,9H2,1H3,(H,19,22). The Morgan fingerprint density at radius 1 is 1.31 bits per heavy atom. The highest BCUT2D eigenvalue weighted by Crippen LogP contribution is 2.28. The monoisotopic (exact) mass is 354 g/mol. The van der Waals surface area contributed by atoms with Crippen LogP contribution in [0.15, 0.2) is 53.6 Å². The third-order valence-corrected chi connectivity index (χ3v) is 3.72. The first kappa shape index (κ1) is 17.1. The smallest absolute Gasteiger partial charge is 0.273 e. The van der Waals surface area contributed by atoms with Crippen molar-refractivity contribution in [2.45, 2.75) is 6.54 Å². The van der Waals surface area contributed by atoms with Crippen molar-refractivity contribution in [1.29, 1.82) is 0 Å². The number of non-ortho nitro benzene ring substituents is 1. The van der Waals surface area contributed by atoms with Crippen molar-refractivity contribution < 1.29 is 14.5 Å². The molecule has 0 aliphatic carbocycles. The van der Waals surface area contributed by atoms with Crippen LogP contribution in [-0.2, 0) is 11.3 Å². The van der Waals surface area contributed by atoms with Crippen LogP contribution < -0.4 is 15.6 Å². The number of ether oxygens (including phenoxy) is 1. The first-order valence-corrected chi connectivity index (χ1v) is 7.56. The van der Waals surface area contributed by atoms with E-state index in [1.165, 1.54) is 36.2 Å². The largest absolute Gasteiger partial charge is 0.494 e. The third-order valence-electron chi connectivity index (χ3n) is 3.72. The van der Waals surface area contributed by atoms with Gasteiger partial charge in [0.05, 0.1) is 41.0 Å². The summed E-state index contributed by atoms with van der Waals surface area (Å²) >= 11 is 0. The lowest BCUT2D eigenvalue weighted by Gasteiger charge is -2.11. The van der Waals surface area contributed by atoms with E-state index in [-0.39, 0.29) is 29.2 Å². The second-order valence-corrected chi connectivity index (χ2v) is 5.38. The molecule has 1 N–H and O–H groups in total. The molecule has 3 rings (SSSR count). The number of carbonyl (C=O) groups excluding carboxylic acids is 1.